The maximum atomic E-state index is 14.6. The second-order valence-corrected chi connectivity index (χ2v) is 10.0. The Morgan fingerprint density at radius 2 is 1.67 bits per heavy atom. The van der Waals surface area contributed by atoms with Crippen LogP contribution < -0.4 is 10.2 Å². The zero-order valence-electron chi connectivity index (χ0n) is 18.4. The Morgan fingerprint density at radius 1 is 1.03 bits per heavy atom. The lowest BCUT2D eigenvalue weighted by Crippen LogP contribution is -2.41. The number of amides is 1. The number of sulfonamides is 1. The molecule has 2 aromatic carbocycles. The first-order chi connectivity index (χ1) is 15.8. The van der Waals surface area contributed by atoms with Crippen molar-refractivity contribution >= 4 is 27.3 Å². The van der Waals surface area contributed by atoms with Crippen molar-refractivity contribution in [2.75, 3.05) is 49.6 Å². The van der Waals surface area contributed by atoms with E-state index in [1.807, 2.05) is 6.92 Å². The van der Waals surface area contributed by atoms with Gasteiger partial charge in [0.15, 0.2) is 11.6 Å². The lowest BCUT2D eigenvalue weighted by molar-refractivity contribution is 0.0730. The summed E-state index contributed by atoms with van der Waals surface area (Å²) >= 11 is 0. The third kappa shape index (κ3) is 4.87. The summed E-state index contributed by atoms with van der Waals surface area (Å²) in [5, 5.41) is 2.49. The number of hydrogen-bond acceptors (Lipinski definition) is 5. The molecule has 2 aromatic rings. The molecule has 0 spiro atoms. The van der Waals surface area contributed by atoms with Gasteiger partial charge in [-0.2, -0.15) is 4.31 Å². The molecule has 33 heavy (non-hydrogen) atoms. The summed E-state index contributed by atoms with van der Waals surface area (Å²) in [6.07, 6.45) is 2.22. The number of ether oxygens (including phenoxy) is 1. The van der Waals surface area contributed by atoms with Gasteiger partial charge < -0.3 is 15.0 Å². The number of rotatable bonds is 6. The van der Waals surface area contributed by atoms with Crippen molar-refractivity contribution in [2.24, 2.45) is 0 Å². The monoisotopic (exact) mass is 479 g/mol. The summed E-state index contributed by atoms with van der Waals surface area (Å²) in [4.78, 5) is 14.6. The van der Waals surface area contributed by atoms with E-state index in [2.05, 4.69) is 5.32 Å². The highest BCUT2D eigenvalue weighted by molar-refractivity contribution is 7.89. The van der Waals surface area contributed by atoms with E-state index in [9.17, 15) is 22.0 Å². The molecule has 2 fully saturated rings. The normalized spacial score (nSPS) is 17.4. The molecule has 0 unspecified atom stereocenters. The molecule has 1 amide bonds. The molecule has 178 valence electrons. The lowest BCUT2D eigenvalue weighted by atomic mass is 10.1. The van der Waals surface area contributed by atoms with Crippen molar-refractivity contribution in [2.45, 2.75) is 31.1 Å². The number of carbonyl (C=O) groups excluding carboxylic acids is 1. The topological polar surface area (TPSA) is 79.0 Å². The Balaban J connectivity index is 1.59. The number of halogens is 2. The summed E-state index contributed by atoms with van der Waals surface area (Å²) in [6, 6.07) is 6.60. The summed E-state index contributed by atoms with van der Waals surface area (Å²) in [5.41, 5.74) is 0.556. The Bertz CT molecular complexity index is 1120. The number of benzene rings is 2. The molecule has 2 saturated heterocycles. The first-order valence-electron chi connectivity index (χ1n) is 11.1. The number of anilines is 2. The number of aryl methyl sites for hydroxylation is 1. The summed E-state index contributed by atoms with van der Waals surface area (Å²) < 4.78 is 62.2. The maximum Gasteiger partial charge on any atom is 0.255 e. The molecule has 2 heterocycles. The fraction of sp³-hybridized carbons (Fsp3) is 0.435. The van der Waals surface area contributed by atoms with Crippen LogP contribution in [0.25, 0.3) is 0 Å². The van der Waals surface area contributed by atoms with E-state index in [-0.39, 0.29) is 34.9 Å². The van der Waals surface area contributed by atoms with Gasteiger partial charge >= 0.3 is 0 Å². The Kier molecular flexibility index (Phi) is 6.96. The van der Waals surface area contributed by atoms with E-state index in [0.29, 0.717) is 38.3 Å². The Morgan fingerprint density at radius 3 is 2.27 bits per heavy atom. The molecule has 1 N–H and O–H groups in total. The molecule has 0 radical (unpaired) electrons. The smallest absolute Gasteiger partial charge is 0.255 e. The minimum Gasteiger partial charge on any atom is -0.379 e. The van der Waals surface area contributed by atoms with Crippen LogP contribution in [0, 0.1) is 11.6 Å². The van der Waals surface area contributed by atoms with E-state index in [4.69, 9.17) is 4.74 Å². The summed E-state index contributed by atoms with van der Waals surface area (Å²) in [5.74, 6) is -2.14. The zero-order chi connectivity index (χ0) is 23.6. The van der Waals surface area contributed by atoms with E-state index in [1.54, 1.807) is 11.0 Å². The third-order valence-electron chi connectivity index (χ3n) is 6.00. The van der Waals surface area contributed by atoms with Gasteiger partial charge in [0.2, 0.25) is 10.0 Å². The quantitative estimate of drug-likeness (QED) is 0.687. The molecule has 0 atom stereocenters. The number of nitrogens with one attached hydrogen (secondary N) is 1. The van der Waals surface area contributed by atoms with Crippen molar-refractivity contribution in [3.63, 3.8) is 0 Å². The molecule has 0 saturated carbocycles. The van der Waals surface area contributed by atoms with Gasteiger partial charge in [-0.25, -0.2) is 17.2 Å². The molecule has 4 rings (SSSR count). The van der Waals surface area contributed by atoms with Crippen LogP contribution in [0.1, 0.15) is 35.7 Å². The molecule has 2 aliphatic rings. The predicted octanol–water partition coefficient (Wildman–Crippen LogP) is 3.40. The standard InChI is InChI=1S/C23H27F2N3O4S/c1-2-16-5-6-17(13-21(16)33(30,31)28-9-11-32-12-10-28)23(29)26-18-14-19(24)22(20(25)15-18)27-7-3-4-8-27/h5-6,13-15H,2-4,7-12H2,1H3,(H,26,29). The van der Waals surface area contributed by atoms with Crippen molar-refractivity contribution < 1.29 is 26.7 Å². The van der Waals surface area contributed by atoms with E-state index < -0.39 is 27.6 Å². The van der Waals surface area contributed by atoms with E-state index in [0.717, 1.165) is 25.0 Å². The van der Waals surface area contributed by atoms with Crippen LogP contribution in [0.15, 0.2) is 35.2 Å². The number of nitrogens with zero attached hydrogens (tertiary/aromatic N) is 2. The molecule has 0 aromatic heterocycles. The van der Waals surface area contributed by atoms with Crippen molar-refractivity contribution in [3.05, 3.63) is 53.1 Å². The SMILES string of the molecule is CCc1ccc(C(=O)Nc2cc(F)c(N3CCCC3)c(F)c2)cc1S(=O)(=O)N1CCOCC1. The van der Waals surface area contributed by atoms with Crippen molar-refractivity contribution in [1.82, 2.24) is 4.31 Å². The average Bonchev–Trinajstić information content (AvgIpc) is 3.33. The lowest BCUT2D eigenvalue weighted by Gasteiger charge is -2.27. The molecule has 0 bridgehead atoms. The van der Waals surface area contributed by atoms with Gasteiger partial charge in [-0.05, 0) is 49.1 Å². The number of carbonyl (C=O) groups is 1. The molecular weight excluding hydrogens is 452 g/mol. The van der Waals surface area contributed by atoms with Crippen LogP contribution in [-0.2, 0) is 21.2 Å². The molecule has 7 nitrogen and oxygen atoms in total. The molecule has 0 aliphatic carbocycles. The zero-order valence-corrected chi connectivity index (χ0v) is 19.3. The van der Waals surface area contributed by atoms with Crippen LogP contribution in [0.5, 0.6) is 0 Å². The third-order valence-corrected chi connectivity index (χ3v) is 7.98. The first-order valence-corrected chi connectivity index (χ1v) is 12.5. The van der Waals surface area contributed by atoms with E-state index >= 15 is 0 Å². The number of morpholine rings is 1. The Labute approximate surface area is 192 Å². The number of hydrogen-bond donors (Lipinski definition) is 1. The van der Waals surface area contributed by atoms with E-state index in [1.165, 1.54) is 16.4 Å². The molecular formula is C23H27F2N3O4S. The minimum atomic E-state index is -3.81. The maximum absolute atomic E-state index is 14.6. The highest BCUT2D eigenvalue weighted by Gasteiger charge is 2.29. The first kappa shape index (κ1) is 23.6. The fourth-order valence-electron chi connectivity index (χ4n) is 4.24. The van der Waals surface area contributed by atoms with Gasteiger partial charge in [0.05, 0.1) is 18.1 Å². The largest absolute Gasteiger partial charge is 0.379 e. The summed E-state index contributed by atoms with van der Waals surface area (Å²) in [6.45, 7) is 4.11. The minimum absolute atomic E-state index is 0.0323. The van der Waals surface area contributed by atoms with Crippen LogP contribution >= 0.6 is 0 Å². The predicted molar refractivity (Wildman–Crippen MR) is 121 cm³/mol. The van der Waals surface area contributed by atoms with Crippen molar-refractivity contribution in [3.8, 4) is 0 Å². The second-order valence-electron chi connectivity index (χ2n) is 8.13. The van der Waals surface area contributed by atoms with Crippen LogP contribution in [0.4, 0.5) is 20.2 Å². The van der Waals surface area contributed by atoms with Gasteiger partial charge in [0.25, 0.3) is 5.91 Å². The fourth-order valence-corrected chi connectivity index (χ4v) is 5.97. The second kappa shape index (κ2) is 9.74. The van der Waals surface area contributed by atoms with Gasteiger partial charge in [-0.1, -0.05) is 13.0 Å². The highest BCUT2D eigenvalue weighted by Crippen LogP contribution is 2.30. The van der Waals surface area contributed by atoms with Gasteiger partial charge in [0.1, 0.15) is 5.69 Å². The van der Waals surface area contributed by atoms with Gasteiger partial charge in [0, 0.05) is 37.4 Å². The van der Waals surface area contributed by atoms with Gasteiger partial charge in [-0.3, -0.25) is 4.79 Å². The van der Waals surface area contributed by atoms with Crippen LogP contribution in [0.2, 0.25) is 0 Å². The average molecular weight is 480 g/mol. The summed E-state index contributed by atoms with van der Waals surface area (Å²) in [7, 11) is -3.81. The molecule has 2 aliphatic heterocycles. The van der Waals surface area contributed by atoms with Gasteiger partial charge in [-0.15, -0.1) is 0 Å². The Hall–Kier alpha value is -2.56. The van der Waals surface area contributed by atoms with Crippen molar-refractivity contribution in [1.29, 1.82) is 0 Å². The molecule has 10 heteroatoms. The van der Waals surface area contributed by atoms with Crippen LogP contribution in [-0.4, -0.2) is 58.0 Å². The van der Waals surface area contributed by atoms with Crippen LogP contribution in [0.3, 0.4) is 0 Å². The highest BCUT2D eigenvalue weighted by atomic mass is 32.2.